The number of halogens is 1. The Balaban J connectivity index is 1.64. The van der Waals surface area contributed by atoms with Gasteiger partial charge in [0.1, 0.15) is 0 Å². The van der Waals surface area contributed by atoms with Crippen molar-refractivity contribution < 1.29 is 14.1 Å². The number of piperidine rings is 1. The minimum absolute atomic E-state index is 0.0559. The Morgan fingerprint density at radius 2 is 2.00 bits per heavy atom. The number of carbonyl (C=O) groups excluding carboxylic acids is 2. The van der Waals surface area contributed by atoms with Crippen LogP contribution in [0.25, 0.3) is 11.0 Å². The highest BCUT2D eigenvalue weighted by molar-refractivity contribution is 6.31. The lowest BCUT2D eigenvalue weighted by Gasteiger charge is -2.34. The van der Waals surface area contributed by atoms with E-state index in [2.05, 4.69) is 10.1 Å². The molecule has 1 saturated heterocycles. The van der Waals surface area contributed by atoms with Gasteiger partial charge in [0.2, 0.25) is 11.8 Å². The summed E-state index contributed by atoms with van der Waals surface area (Å²) in [5, 5.41) is 5.71. The first-order valence-electron chi connectivity index (χ1n) is 9.19. The summed E-state index contributed by atoms with van der Waals surface area (Å²) in [5.41, 5.74) is 0.701. The van der Waals surface area contributed by atoms with Crippen LogP contribution in [-0.2, 0) is 9.59 Å². The van der Waals surface area contributed by atoms with Crippen LogP contribution in [0.5, 0.6) is 0 Å². The molecule has 0 bridgehead atoms. The van der Waals surface area contributed by atoms with Gasteiger partial charge in [-0.1, -0.05) is 16.8 Å². The van der Waals surface area contributed by atoms with E-state index < -0.39 is 0 Å². The third-order valence-corrected chi connectivity index (χ3v) is 5.31. The van der Waals surface area contributed by atoms with Gasteiger partial charge in [0.25, 0.3) is 0 Å². The number of nitrogens with zero attached hydrogens (tertiary/aromatic N) is 4. The number of likely N-dealkylation sites (N-methyl/N-ethyl adjacent to an activating group) is 2. The molecular formula is C19H25ClN4O3. The molecular weight excluding hydrogens is 368 g/mol. The van der Waals surface area contributed by atoms with Crippen LogP contribution in [0.2, 0.25) is 5.02 Å². The van der Waals surface area contributed by atoms with E-state index in [1.807, 2.05) is 19.1 Å². The minimum Gasteiger partial charge on any atom is -0.354 e. The molecule has 1 fully saturated rings. The van der Waals surface area contributed by atoms with E-state index in [4.69, 9.17) is 16.1 Å². The second kappa shape index (κ2) is 8.17. The molecule has 0 N–H and O–H groups in total. The van der Waals surface area contributed by atoms with E-state index in [-0.39, 0.29) is 24.3 Å². The third kappa shape index (κ3) is 4.18. The van der Waals surface area contributed by atoms with Crippen LogP contribution in [0, 0.1) is 5.92 Å². The fourth-order valence-electron chi connectivity index (χ4n) is 3.37. The number of anilines is 1. The van der Waals surface area contributed by atoms with Gasteiger partial charge in [0, 0.05) is 44.7 Å². The summed E-state index contributed by atoms with van der Waals surface area (Å²) in [6, 6.07) is 5.44. The molecule has 3 rings (SSSR count). The van der Waals surface area contributed by atoms with E-state index in [9.17, 15) is 9.59 Å². The molecule has 8 heteroatoms. The maximum Gasteiger partial charge on any atom is 0.241 e. The summed E-state index contributed by atoms with van der Waals surface area (Å²) in [7, 11) is 3.40. The zero-order valence-electron chi connectivity index (χ0n) is 15.9. The first-order valence-corrected chi connectivity index (χ1v) is 9.57. The van der Waals surface area contributed by atoms with Crippen molar-refractivity contribution in [3.05, 3.63) is 23.2 Å². The van der Waals surface area contributed by atoms with Gasteiger partial charge in [-0.05, 0) is 38.0 Å². The van der Waals surface area contributed by atoms with E-state index in [1.165, 1.54) is 4.90 Å². The fraction of sp³-hybridized carbons (Fsp3) is 0.526. The molecule has 7 nitrogen and oxygen atoms in total. The molecule has 0 saturated carbocycles. The smallest absolute Gasteiger partial charge is 0.241 e. The van der Waals surface area contributed by atoms with Crippen LogP contribution in [0.3, 0.4) is 0 Å². The highest BCUT2D eigenvalue weighted by Crippen LogP contribution is 2.31. The molecule has 0 aliphatic carbocycles. The Morgan fingerprint density at radius 1 is 1.30 bits per heavy atom. The van der Waals surface area contributed by atoms with Crippen molar-refractivity contribution in [1.29, 1.82) is 0 Å². The Bertz CT molecular complexity index is 827. The van der Waals surface area contributed by atoms with Gasteiger partial charge in [0.05, 0.1) is 11.9 Å². The van der Waals surface area contributed by atoms with Crippen molar-refractivity contribution in [2.24, 2.45) is 5.92 Å². The monoisotopic (exact) mass is 392 g/mol. The van der Waals surface area contributed by atoms with E-state index >= 15 is 0 Å². The Kier molecular flexibility index (Phi) is 5.89. The number of carbonyl (C=O) groups is 2. The predicted octanol–water partition coefficient (Wildman–Crippen LogP) is 2.63. The van der Waals surface area contributed by atoms with Gasteiger partial charge < -0.3 is 19.2 Å². The van der Waals surface area contributed by atoms with Crippen molar-refractivity contribution in [2.75, 3.05) is 45.2 Å². The van der Waals surface area contributed by atoms with Crippen LogP contribution >= 0.6 is 11.6 Å². The second-order valence-corrected chi connectivity index (χ2v) is 7.48. The average Bonchev–Trinajstić information content (AvgIpc) is 3.08. The molecule has 2 amide bonds. The SMILES string of the molecule is CCN(CC(=O)N(C)C)C(=O)C1CCN(c2noc3ccc(Cl)cc23)CC1. The van der Waals surface area contributed by atoms with Gasteiger partial charge in [-0.2, -0.15) is 0 Å². The number of rotatable bonds is 5. The lowest BCUT2D eigenvalue weighted by molar-refractivity contribution is -0.142. The molecule has 2 heterocycles. The first kappa shape index (κ1) is 19.5. The van der Waals surface area contributed by atoms with Gasteiger partial charge in [-0.15, -0.1) is 0 Å². The molecule has 0 spiro atoms. The molecule has 0 radical (unpaired) electrons. The lowest BCUT2D eigenvalue weighted by Crippen LogP contribution is -2.46. The van der Waals surface area contributed by atoms with Crippen molar-refractivity contribution in [2.45, 2.75) is 19.8 Å². The maximum atomic E-state index is 12.8. The highest BCUT2D eigenvalue weighted by atomic mass is 35.5. The third-order valence-electron chi connectivity index (χ3n) is 5.08. The van der Waals surface area contributed by atoms with Gasteiger partial charge in [-0.25, -0.2) is 0 Å². The van der Waals surface area contributed by atoms with Crippen LogP contribution in [0.1, 0.15) is 19.8 Å². The normalized spacial score (nSPS) is 15.2. The number of benzene rings is 1. The largest absolute Gasteiger partial charge is 0.354 e. The predicted molar refractivity (Wildman–Crippen MR) is 105 cm³/mol. The summed E-state index contributed by atoms with van der Waals surface area (Å²) in [5.74, 6) is 0.695. The molecule has 0 atom stereocenters. The Labute approximate surface area is 163 Å². The van der Waals surface area contributed by atoms with E-state index in [0.717, 1.165) is 24.0 Å². The molecule has 27 heavy (non-hydrogen) atoms. The topological polar surface area (TPSA) is 69.9 Å². The van der Waals surface area contributed by atoms with Gasteiger partial charge >= 0.3 is 0 Å². The molecule has 0 unspecified atom stereocenters. The van der Waals surface area contributed by atoms with Crippen molar-refractivity contribution >= 4 is 40.2 Å². The number of aromatic nitrogens is 1. The zero-order chi connectivity index (χ0) is 19.6. The number of hydrogen-bond acceptors (Lipinski definition) is 5. The maximum absolute atomic E-state index is 12.8. The number of hydrogen-bond donors (Lipinski definition) is 0. The molecule has 1 aliphatic rings. The number of fused-ring (bicyclic) bond motifs is 1. The van der Waals surface area contributed by atoms with Gasteiger partial charge in [-0.3, -0.25) is 9.59 Å². The summed E-state index contributed by atoms with van der Waals surface area (Å²) in [4.78, 5) is 30.1. The van der Waals surface area contributed by atoms with Gasteiger partial charge in [0.15, 0.2) is 11.4 Å². The number of amides is 2. The summed E-state index contributed by atoms with van der Waals surface area (Å²) in [6.45, 7) is 3.99. The highest BCUT2D eigenvalue weighted by Gasteiger charge is 2.30. The van der Waals surface area contributed by atoms with Crippen molar-refractivity contribution in [1.82, 2.24) is 15.0 Å². The molecule has 1 aromatic carbocycles. The lowest BCUT2D eigenvalue weighted by atomic mass is 9.95. The second-order valence-electron chi connectivity index (χ2n) is 7.05. The van der Waals surface area contributed by atoms with Crippen LogP contribution < -0.4 is 4.90 Å². The van der Waals surface area contributed by atoms with Crippen molar-refractivity contribution in [3.8, 4) is 0 Å². The quantitative estimate of drug-likeness (QED) is 0.782. The minimum atomic E-state index is -0.0714. The van der Waals surface area contributed by atoms with Crippen LogP contribution in [-0.4, -0.2) is 67.0 Å². The molecule has 2 aromatic rings. The average molecular weight is 393 g/mol. The Hall–Kier alpha value is -2.28. The standard InChI is InChI=1S/C19H25ClN4O3/c1-4-23(12-17(25)22(2)3)19(26)13-7-9-24(10-8-13)18-15-11-14(20)5-6-16(15)27-21-18/h5-6,11,13H,4,7-10,12H2,1-3H3. The molecule has 146 valence electrons. The van der Waals surface area contributed by atoms with E-state index in [1.54, 1.807) is 25.1 Å². The molecule has 1 aromatic heterocycles. The first-order chi connectivity index (χ1) is 12.9. The van der Waals surface area contributed by atoms with Crippen LogP contribution in [0.15, 0.2) is 22.7 Å². The Morgan fingerprint density at radius 3 is 2.63 bits per heavy atom. The summed E-state index contributed by atoms with van der Waals surface area (Å²) < 4.78 is 5.39. The zero-order valence-corrected chi connectivity index (χ0v) is 16.7. The summed E-state index contributed by atoms with van der Waals surface area (Å²) >= 11 is 6.10. The van der Waals surface area contributed by atoms with Crippen molar-refractivity contribution in [3.63, 3.8) is 0 Å². The summed E-state index contributed by atoms with van der Waals surface area (Å²) in [6.07, 6.45) is 1.45. The fourth-order valence-corrected chi connectivity index (χ4v) is 3.55. The van der Waals surface area contributed by atoms with E-state index in [0.29, 0.717) is 30.2 Å². The van der Waals surface area contributed by atoms with Crippen LogP contribution in [0.4, 0.5) is 5.82 Å². The molecule has 1 aliphatic heterocycles.